The van der Waals surface area contributed by atoms with Crippen molar-refractivity contribution in [1.29, 1.82) is 0 Å². The Morgan fingerprint density at radius 3 is 2.70 bits per heavy atom. The molecule has 0 bridgehead atoms. The van der Waals surface area contributed by atoms with E-state index in [0.717, 1.165) is 4.47 Å². The van der Waals surface area contributed by atoms with Crippen LogP contribution in [0.4, 0.5) is 5.69 Å². The highest BCUT2D eigenvalue weighted by Crippen LogP contribution is 2.22. The van der Waals surface area contributed by atoms with Crippen LogP contribution in [0.25, 0.3) is 5.69 Å². The number of aryl methyl sites for hydroxylation is 1. The Hall–Kier alpha value is -2.18. The van der Waals surface area contributed by atoms with Crippen LogP contribution in [-0.4, -0.2) is 20.9 Å². The van der Waals surface area contributed by atoms with Crippen molar-refractivity contribution < 1.29 is 4.79 Å². The van der Waals surface area contributed by atoms with Gasteiger partial charge in [0.1, 0.15) is 0 Å². The van der Waals surface area contributed by atoms with E-state index in [1.807, 2.05) is 24.3 Å². The molecule has 1 amide bonds. The average molecular weight is 392 g/mol. The molecule has 0 radical (unpaired) electrons. The summed E-state index contributed by atoms with van der Waals surface area (Å²) in [6.07, 6.45) is 0. The highest BCUT2D eigenvalue weighted by atomic mass is 79.9. The largest absolute Gasteiger partial charge is 0.319 e. The van der Waals surface area contributed by atoms with Gasteiger partial charge in [-0.15, -0.1) is 5.10 Å². The molecule has 1 aromatic heterocycles. The fraction of sp³-hybridized carbons (Fsp3) is 0.0625. The summed E-state index contributed by atoms with van der Waals surface area (Å²) in [5, 5.41) is 11.9. The van der Waals surface area contributed by atoms with Crippen LogP contribution in [0.2, 0.25) is 5.02 Å². The monoisotopic (exact) mass is 390 g/mol. The Morgan fingerprint density at radius 1 is 1.17 bits per heavy atom. The zero-order chi connectivity index (χ0) is 16.4. The molecule has 0 saturated heterocycles. The van der Waals surface area contributed by atoms with Gasteiger partial charge in [0.05, 0.1) is 17.1 Å². The molecule has 0 unspecified atom stereocenters. The summed E-state index contributed by atoms with van der Waals surface area (Å²) < 4.78 is 0.799. The number of nitrogens with zero attached hydrogens (tertiary/aromatic N) is 3. The molecule has 0 aliphatic rings. The van der Waals surface area contributed by atoms with E-state index in [-0.39, 0.29) is 11.6 Å². The minimum atomic E-state index is -0.317. The van der Waals surface area contributed by atoms with E-state index < -0.39 is 0 Å². The Balaban J connectivity index is 1.89. The van der Waals surface area contributed by atoms with Crippen LogP contribution >= 0.6 is 27.5 Å². The molecular weight excluding hydrogens is 380 g/mol. The number of nitrogens with one attached hydrogen (secondary N) is 1. The van der Waals surface area contributed by atoms with Gasteiger partial charge in [0.25, 0.3) is 5.91 Å². The van der Waals surface area contributed by atoms with Gasteiger partial charge in [-0.2, -0.15) is 9.90 Å². The van der Waals surface area contributed by atoms with Gasteiger partial charge in [-0.25, -0.2) is 0 Å². The second kappa shape index (κ2) is 6.52. The number of carbonyl (C=O) groups is 1. The third kappa shape index (κ3) is 3.43. The Labute approximate surface area is 146 Å². The van der Waals surface area contributed by atoms with Gasteiger partial charge in [0, 0.05) is 9.50 Å². The topological polar surface area (TPSA) is 59.8 Å². The molecule has 3 aromatic rings. The lowest BCUT2D eigenvalue weighted by atomic mass is 10.3. The lowest BCUT2D eigenvalue weighted by Crippen LogP contribution is -2.14. The van der Waals surface area contributed by atoms with E-state index in [4.69, 9.17) is 11.6 Å². The van der Waals surface area contributed by atoms with Crippen LogP contribution in [0.15, 0.2) is 53.0 Å². The first kappa shape index (κ1) is 15.7. The minimum Gasteiger partial charge on any atom is -0.319 e. The first-order valence-electron chi connectivity index (χ1n) is 6.80. The van der Waals surface area contributed by atoms with Gasteiger partial charge < -0.3 is 5.32 Å². The smallest absolute Gasteiger partial charge is 0.278 e. The number of amides is 1. The van der Waals surface area contributed by atoms with Crippen molar-refractivity contribution in [2.75, 3.05) is 5.32 Å². The molecule has 0 fully saturated rings. The van der Waals surface area contributed by atoms with E-state index in [9.17, 15) is 4.79 Å². The molecule has 0 atom stereocenters. The first-order chi connectivity index (χ1) is 11.0. The maximum Gasteiger partial charge on any atom is 0.278 e. The molecule has 116 valence electrons. The zero-order valence-corrected chi connectivity index (χ0v) is 14.5. The van der Waals surface area contributed by atoms with Gasteiger partial charge in [-0.3, -0.25) is 4.79 Å². The molecule has 5 nitrogen and oxygen atoms in total. The molecule has 2 aromatic carbocycles. The minimum absolute atomic E-state index is 0.265. The molecule has 7 heteroatoms. The summed E-state index contributed by atoms with van der Waals surface area (Å²) >= 11 is 9.37. The Morgan fingerprint density at radius 2 is 1.96 bits per heavy atom. The number of hydrogen-bond acceptors (Lipinski definition) is 3. The number of anilines is 1. The lowest BCUT2D eigenvalue weighted by molar-refractivity contribution is 0.102. The number of para-hydroxylation sites is 1. The van der Waals surface area contributed by atoms with Crippen molar-refractivity contribution in [3.05, 3.63) is 69.4 Å². The zero-order valence-electron chi connectivity index (χ0n) is 12.1. The van der Waals surface area contributed by atoms with Crippen LogP contribution < -0.4 is 5.32 Å². The molecule has 0 saturated carbocycles. The summed E-state index contributed by atoms with van der Waals surface area (Å²) in [7, 11) is 0. The van der Waals surface area contributed by atoms with Crippen LogP contribution in [0.5, 0.6) is 0 Å². The van der Waals surface area contributed by atoms with Crippen molar-refractivity contribution in [2.45, 2.75) is 6.92 Å². The number of rotatable bonds is 3. The maximum absolute atomic E-state index is 12.4. The van der Waals surface area contributed by atoms with E-state index in [2.05, 4.69) is 31.4 Å². The third-order valence-corrected chi connectivity index (χ3v) is 4.09. The van der Waals surface area contributed by atoms with Crippen molar-refractivity contribution in [1.82, 2.24) is 15.0 Å². The fourth-order valence-electron chi connectivity index (χ4n) is 2.05. The van der Waals surface area contributed by atoms with E-state index in [1.54, 1.807) is 31.2 Å². The number of halogens is 2. The van der Waals surface area contributed by atoms with Crippen LogP contribution in [0, 0.1) is 6.92 Å². The Bertz CT molecular complexity index is 878. The highest BCUT2D eigenvalue weighted by molar-refractivity contribution is 9.10. The van der Waals surface area contributed by atoms with Crippen LogP contribution in [-0.2, 0) is 0 Å². The standard InChI is InChI=1S/C16H12BrClN4O/c1-10-15(16(23)19-14-8-3-2-7-13(14)17)21-22(20-10)12-6-4-5-11(18)9-12/h2-9H,1H3,(H,19,23). The summed E-state index contributed by atoms with van der Waals surface area (Å²) in [4.78, 5) is 13.8. The molecular formula is C16H12BrClN4O. The number of hydrogen-bond donors (Lipinski definition) is 1. The fourth-order valence-corrected chi connectivity index (χ4v) is 2.62. The van der Waals surface area contributed by atoms with Gasteiger partial charge in [0.15, 0.2) is 5.69 Å². The van der Waals surface area contributed by atoms with Gasteiger partial charge in [-0.05, 0) is 53.2 Å². The van der Waals surface area contributed by atoms with Crippen LogP contribution in [0.3, 0.4) is 0 Å². The lowest BCUT2D eigenvalue weighted by Gasteiger charge is -2.05. The van der Waals surface area contributed by atoms with Crippen molar-refractivity contribution in [3.63, 3.8) is 0 Å². The SMILES string of the molecule is Cc1nn(-c2cccc(Cl)c2)nc1C(=O)Nc1ccccc1Br. The molecule has 3 rings (SSSR count). The number of benzene rings is 2. The second-order valence-electron chi connectivity index (χ2n) is 4.84. The van der Waals surface area contributed by atoms with Gasteiger partial charge in [0.2, 0.25) is 0 Å². The van der Waals surface area contributed by atoms with Crippen molar-refractivity contribution >= 4 is 39.1 Å². The predicted octanol–water partition coefficient (Wildman–Crippen LogP) is 4.24. The molecule has 0 spiro atoms. The summed E-state index contributed by atoms with van der Waals surface area (Å²) in [6, 6.07) is 14.5. The van der Waals surface area contributed by atoms with Crippen molar-refractivity contribution in [2.24, 2.45) is 0 Å². The summed E-state index contributed by atoms with van der Waals surface area (Å²) in [6.45, 7) is 1.74. The van der Waals surface area contributed by atoms with Crippen LogP contribution in [0.1, 0.15) is 16.2 Å². The first-order valence-corrected chi connectivity index (χ1v) is 7.97. The molecule has 0 aliphatic carbocycles. The van der Waals surface area contributed by atoms with E-state index >= 15 is 0 Å². The summed E-state index contributed by atoms with van der Waals surface area (Å²) in [5.41, 5.74) is 2.17. The maximum atomic E-state index is 12.4. The Kier molecular flexibility index (Phi) is 4.45. The third-order valence-electron chi connectivity index (χ3n) is 3.16. The second-order valence-corrected chi connectivity index (χ2v) is 6.13. The van der Waals surface area contributed by atoms with Crippen molar-refractivity contribution in [3.8, 4) is 5.69 Å². The number of carbonyl (C=O) groups excluding carboxylic acids is 1. The quantitative estimate of drug-likeness (QED) is 0.726. The molecule has 1 heterocycles. The van der Waals surface area contributed by atoms with Gasteiger partial charge >= 0.3 is 0 Å². The molecule has 23 heavy (non-hydrogen) atoms. The summed E-state index contributed by atoms with van der Waals surface area (Å²) in [5.74, 6) is -0.317. The van der Waals surface area contributed by atoms with E-state index in [0.29, 0.717) is 22.1 Å². The molecule has 1 N–H and O–H groups in total. The number of aromatic nitrogens is 3. The van der Waals surface area contributed by atoms with Gasteiger partial charge in [-0.1, -0.05) is 29.8 Å². The van der Waals surface area contributed by atoms with E-state index in [1.165, 1.54) is 4.80 Å². The molecule has 0 aliphatic heterocycles. The predicted molar refractivity (Wildman–Crippen MR) is 93.2 cm³/mol. The average Bonchev–Trinajstić information content (AvgIpc) is 2.92. The normalized spacial score (nSPS) is 10.6. The highest BCUT2D eigenvalue weighted by Gasteiger charge is 2.17.